The second kappa shape index (κ2) is 5.98. The summed E-state index contributed by atoms with van der Waals surface area (Å²) in [6.45, 7) is 0. The summed E-state index contributed by atoms with van der Waals surface area (Å²) in [5.41, 5.74) is 1.05. The largest absolute Gasteiger partial charge is 0.493 e. The monoisotopic (exact) mass is 329 g/mol. The van der Waals surface area contributed by atoms with E-state index >= 15 is 0 Å². The van der Waals surface area contributed by atoms with Crippen LogP contribution in [0.4, 0.5) is 0 Å². The van der Waals surface area contributed by atoms with E-state index in [1.54, 1.807) is 14.2 Å². The molecular formula is C20H27NO3. The highest BCUT2D eigenvalue weighted by atomic mass is 16.5. The standard InChI is InChI=1S/C20H27NO3/c1-23-17-4-3-13(8-18(17)24-2)9-19(22)21-20-10-14-5-15(11-20)7-16(6-14)12-20/h3-4,8,14-16H,5-7,9-12H2,1-2H3,(H,21,22). The zero-order chi connectivity index (χ0) is 16.7. The number of rotatable bonds is 5. The van der Waals surface area contributed by atoms with Crippen LogP contribution < -0.4 is 14.8 Å². The van der Waals surface area contributed by atoms with Crippen molar-refractivity contribution in [2.75, 3.05) is 14.2 Å². The van der Waals surface area contributed by atoms with Gasteiger partial charge in [-0.15, -0.1) is 0 Å². The number of methoxy groups -OCH3 is 2. The summed E-state index contributed by atoms with van der Waals surface area (Å²) in [7, 11) is 3.24. The van der Waals surface area contributed by atoms with E-state index in [1.807, 2.05) is 18.2 Å². The first-order valence-corrected chi connectivity index (χ1v) is 9.11. The van der Waals surface area contributed by atoms with Crippen molar-refractivity contribution in [3.8, 4) is 11.5 Å². The van der Waals surface area contributed by atoms with Crippen molar-refractivity contribution >= 4 is 5.91 Å². The summed E-state index contributed by atoms with van der Waals surface area (Å²) < 4.78 is 10.6. The summed E-state index contributed by atoms with van der Waals surface area (Å²) in [5, 5.41) is 3.43. The third kappa shape index (κ3) is 2.87. The van der Waals surface area contributed by atoms with Gasteiger partial charge in [0.15, 0.2) is 11.5 Å². The molecule has 4 saturated carbocycles. The molecule has 4 bridgehead atoms. The molecule has 4 heteroatoms. The fourth-order valence-electron chi connectivity index (χ4n) is 5.78. The maximum Gasteiger partial charge on any atom is 0.224 e. The molecule has 0 heterocycles. The van der Waals surface area contributed by atoms with E-state index in [4.69, 9.17) is 9.47 Å². The van der Waals surface area contributed by atoms with Crippen molar-refractivity contribution in [2.45, 2.75) is 50.5 Å². The average Bonchev–Trinajstić information content (AvgIpc) is 2.52. The second-order valence-electron chi connectivity index (χ2n) is 8.11. The molecule has 0 aliphatic heterocycles. The van der Waals surface area contributed by atoms with Crippen molar-refractivity contribution in [1.29, 1.82) is 0 Å². The van der Waals surface area contributed by atoms with Crippen molar-refractivity contribution in [3.05, 3.63) is 23.8 Å². The van der Waals surface area contributed by atoms with Crippen LogP contribution in [0.3, 0.4) is 0 Å². The first-order valence-electron chi connectivity index (χ1n) is 9.11. The van der Waals surface area contributed by atoms with E-state index in [0.717, 1.165) is 23.3 Å². The highest BCUT2D eigenvalue weighted by Gasteiger charge is 2.51. The van der Waals surface area contributed by atoms with Gasteiger partial charge in [-0.2, -0.15) is 0 Å². The average molecular weight is 329 g/mol. The normalized spacial score (nSPS) is 33.3. The Morgan fingerprint density at radius 2 is 1.62 bits per heavy atom. The minimum Gasteiger partial charge on any atom is -0.493 e. The number of hydrogen-bond donors (Lipinski definition) is 1. The van der Waals surface area contributed by atoms with Crippen LogP contribution in [0.2, 0.25) is 0 Å². The van der Waals surface area contributed by atoms with Gasteiger partial charge >= 0.3 is 0 Å². The number of ether oxygens (including phenoxy) is 2. The Labute approximate surface area is 143 Å². The molecule has 24 heavy (non-hydrogen) atoms. The van der Waals surface area contributed by atoms with Gasteiger partial charge in [0.1, 0.15) is 0 Å². The predicted molar refractivity (Wildman–Crippen MR) is 92.3 cm³/mol. The molecule has 4 fully saturated rings. The molecule has 5 rings (SSSR count). The second-order valence-corrected chi connectivity index (χ2v) is 8.11. The summed E-state index contributed by atoms with van der Waals surface area (Å²) in [6.07, 6.45) is 8.16. The zero-order valence-corrected chi connectivity index (χ0v) is 14.6. The molecular weight excluding hydrogens is 302 g/mol. The Hall–Kier alpha value is -1.71. The van der Waals surface area contributed by atoms with Crippen molar-refractivity contribution in [2.24, 2.45) is 17.8 Å². The Kier molecular flexibility index (Phi) is 3.93. The van der Waals surface area contributed by atoms with Crippen LogP contribution in [0, 0.1) is 17.8 Å². The van der Waals surface area contributed by atoms with Crippen molar-refractivity contribution in [3.63, 3.8) is 0 Å². The van der Waals surface area contributed by atoms with E-state index in [0.29, 0.717) is 17.9 Å². The number of benzene rings is 1. The van der Waals surface area contributed by atoms with Crippen LogP contribution in [-0.2, 0) is 11.2 Å². The molecule has 130 valence electrons. The molecule has 0 aromatic heterocycles. The molecule has 0 saturated heterocycles. The summed E-state index contributed by atoms with van der Waals surface area (Å²) in [6, 6.07) is 5.71. The fraction of sp³-hybridized carbons (Fsp3) is 0.650. The van der Waals surface area contributed by atoms with Gasteiger partial charge in [-0.05, 0) is 74.0 Å². The van der Waals surface area contributed by atoms with Gasteiger partial charge in [0.05, 0.1) is 20.6 Å². The van der Waals surface area contributed by atoms with Crippen LogP contribution in [0.25, 0.3) is 0 Å². The minimum absolute atomic E-state index is 0.0857. The number of amides is 1. The quantitative estimate of drug-likeness (QED) is 0.901. The molecule has 4 aliphatic rings. The van der Waals surface area contributed by atoms with Gasteiger partial charge in [0.2, 0.25) is 5.91 Å². The lowest BCUT2D eigenvalue weighted by molar-refractivity contribution is -0.126. The van der Waals surface area contributed by atoms with Crippen molar-refractivity contribution in [1.82, 2.24) is 5.32 Å². The van der Waals surface area contributed by atoms with E-state index in [1.165, 1.54) is 38.5 Å². The van der Waals surface area contributed by atoms with E-state index in [-0.39, 0.29) is 11.4 Å². The molecule has 1 amide bonds. The SMILES string of the molecule is COc1ccc(CC(=O)NC23CC4CC(CC(C4)C2)C3)cc1OC. The smallest absolute Gasteiger partial charge is 0.224 e. The lowest BCUT2D eigenvalue weighted by atomic mass is 9.53. The minimum atomic E-state index is 0.0857. The zero-order valence-electron chi connectivity index (χ0n) is 14.6. The number of hydrogen-bond acceptors (Lipinski definition) is 3. The van der Waals surface area contributed by atoms with Crippen molar-refractivity contribution < 1.29 is 14.3 Å². The molecule has 1 N–H and O–H groups in total. The highest BCUT2D eigenvalue weighted by Crippen LogP contribution is 2.55. The maximum absolute atomic E-state index is 12.7. The summed E-state index contributed by atoms with van der Waals surface area (Å²) >= 11 is 0. The van der Waals surface area contributed by atoms with Crippen LogP contribution in [0.15, 0.2) is 18.2 Å². The Morgan fingerprint density at radius 1 is 1.04 bits per heavy atom. The summed E-state index contributed by atoms with van der Waals surface area (Å²) in [4.78, 5) is 12.7. The molecule has 4 aliphatic carbocycles. The molecule has 0 unspecified atom stereocenters. The fourth-order valence-corrected chi connectivity index (χ4v) is 5.78. The molecule has 0 spiro atoms. The lowest BCUT2D eigenvalue weighted by Gasteiger charge is -2.56. The molecule has 0 atom stereocenters. The Morgan fingerprint density at radius 3 is 2.17 bits per heavy atom. The van der Waals surface area contributed by atoms with Crippen LogP contribution in [0.1, 0.15) is 44.1 Å². The number of carbonyl (C=O) groups excluding carboxylic acids is 1. The van der Waals surface area contributed by atoms with Gasteiger partial charge in [-0.3, -0.25) is 4.79 Å². The highest BCUT2D eigenvalue weighted by molar-refractivity contribution is 5.79. The van der Waals surface area contributed by atoms with E-state index in [9.17, 15) is 4.79 Å². The topological polar surface area (TPSA) is 47.6 Å². The van der Waals surface area contributed by atoms with E-state index in [2.05, 4.69) is 5.32 Å². The van der Waals surface area contributed by atoms with Crippen LogP contribution in [-0.4, -0.2) is 25.7 Å². The van der Waals surface area contributed by atoms with Gasteiger partial charge in [0, 0.05) is 5.54 Å². The summed E-state index contributed by atoms with van der Waals surface area (Å²) in [5.74, 6) is 4.05. The lowest BCUT2D eigenvalue weighted by Crippen LogP contribution is -2.60. The van der Waals surface area contributed by atoms with Gasteiger partial charge in [-0.25, -0.2) is 0 Å². The Balaban J connectivity index is 1.44. The van der Waals surface area contributed by atoms with Crippen LogP contribution in [0.5, 0.6) is 11.5 Å². The maximum atomic E-state index is 12.7. The number of nitrogens with one attached hydrogen (secondary N) is 1. The molecule has 1 aromatic carbocycles. The first-order chi connectivity index (χ1) is 11.6. The van der Waals surface area contributed by atoms with Gasteiger partial charge < -0.3 is 14.8 Å². The van der Waals surface area contributed by atoms with E-state index < -0.39 is 0 Å². The van der Waals surface area contributed by atoms with Gasteiger partial charge in [-0.1, -0.05) is 6.07 Å². The molecule has 0 radical (unpaired) electrons. The first kappa shape index (κ1) is 15.8. The molecule has 4 nitrogen and oxygen atoms in total. The van der Waals surface area contributed by atoms with Crippen LogP contribution >= 0.6 is 0 Å². The predicted octanol–water partition coefficient (Wildman–Crippen LogP) is 3.33. The third-order valence-corrected chi connectivity index (χ3v) is 6.26. The molecule has 1 aromatic rings. The number of carbonyl (C=O) groups is 1. The third-order valence-electron chi connectivity index (χ3n) is 6.26. The Bertz CT molecular complexity index is 604. The van der Waals surface area contributed by atoms with Gasteiger partial charge in [0.25, 0.3) is 0 Å².